The molecule has 1 aliphatic carbocycles. The molecule has 1 aromatic carbocycles. The fourth-order valence-corrected chi connectivity index (χ4v) is 3.01. The summed E-state index contributed by atoms with van der Waals surface area (Å²) < 4.78 is 20.8. The zero-order valence-corrected chi connectivity index (χ0v) is 13.4. The van der Waals surface area contributed by atoms with E-state index < -0.39 is 17.2 Å². The summed E-state index contributed by atoms with van der Waals surface area (Å²) in [5, 5.41) is 8.91. The normalized spacial score (nSPS) is 14.2. The first-order valence-electron chi connectivity index (χ1n) is 7.27. The number of carbonyl (C=O) groups excluding carboxylic acids is 1. The Morgan fingerprint density at radius 1 is 1.48 bits per heavy atom. The quantitative estimate of drug-likeness (QED) is 0.670. The van der Waals surface area contributed by atoms with Crippen LogP contribution in [0.25, 0.3) is 10.9 Å². The molecule has 5 nitrogen and oxygen atoms in total. The fraction of sp³-hybridized carbons (Fsp3) is 0.375. The number of thioether (sulfide) groups is 1. The average molecular weight is 337 g/mol. The average Bonchev–Trinajstić information content (AvgIpc) is 3.37. The molecule has 1 fully saturated rings. The minimum absolute atomic E-state index is 0.130. The van der Waals surface area contributed by atoms with Crippen molar-refractivity contribution in [2.45, 2.75) is 23.8 Å². The second-order valence-corrected chi connectivity index (χ2v) is 6.22. The zero-order chi connectivity index (χ0) is 16.6. The van der Waals surface area contributed by atoms with Crippen molar-refractivity contribution >= 4 is 28.6 Å². The molecule has 1 aliphatic rings. The highest BCUT2D eigenvalue weighted by atomic mass is 32.2. The first-order valence-corrected chi connectivity index (χ1v) is 8.49. The third-order valence-electron chi connectivity index (χ3n) is 3.79. The van der Waals surface area contributed by atoms with Crippen molar-refractivity contribution in [3.63, 3.8) is 0 Å². The van der Waals surface area contributed by atoms with E-state index in [1.165, 1.54) is 24.0 Å². The van der Waals surface area contributed by atoms with Gasteiger partial charge in [0.1, 0.15) is 18.0 Å². The van der Waals surface area contributed by atoms with Crippen LogP contribution in [0.4, 0.5) is 4.39 Å². The minimum atomic E-state index is -0.797. The van der Waals surface area contributed by atoms with Gasteiger partial charge in [-0.15, -0.1) is 11.8 Å². The van der Waals surface area contributed by atoms with Crippen molar-refractivity contribution in [3.8, 4) is 0 Å². The molecule has 122 valence electrons. The number of aromatic nitrogens is 1. The summed E-state index contributed by atoms with van der Waals surface area (Å²) in [5.41, 5.74) is -0.0532. The Morgan fingerprint density at radius 3 is 2.83 bits per heavy atom. The monoisotopic (exact) mass is 337 g/mol. The summed E-state index contributed by atoms with van der Waals surface area (Å²) in [6.45, 7) is -0.499. The molecule has 0 amide bonds. The first kappa shape index (κ1) is 16.0. The van der Waals surface area contributed by atoms with Crippen LogP contribution < -0.4 is 5.43 Å². The van der Waals surface area contributed by atoms with E-state index in [2.05, 4.69) is 0 Å². The second kappa shape index (κ2) is 6.33. The molecule has 1 aromatic heterocycles. The molecule has 0 radical (unpaired) electrons. The summed E-state index contributed by atoms with van der Waals surface area (Å²) in [5.74, 6) is -1.28. The van der Waals surface area contributed by atoms with Gasteiger partial charge in [-0.1, -0.05) is 0 Å². The Kier molecular flexibility index (Phi) is 4.41. The Hall–Kier alpha value is -1.86. The minimum Gasteiger partial charge on any atom is -0.460 e. The van der Waals surface area contributed by atoms with E-state index in [0.717, 1.165) is 12.8 Å². The van der Waals surface area contributed by atoms with E-state index in [9.17, 15) is 14.0 Å². The van der Waals surface area contributed by atoms with Crippen LogP contribution in [0.5, 0.6) is 0 Å². The standard InChI is InChI=1S/C16H16FNO4S/c1-23-14-7-13-10(6-12(14)17)15(20)11(16(21)22-5-4-19)8-18(13)9-2-3-9/h6-9,19H,2-5H2,1H3. The molecule has 2 aromatic rings. The SMILES string of the molecule is CSc1cc2c(cc1F)c(=O)c(C(=O)OCCO)cn2C1CC1. The molecular weight excluding hydrogens is 321 g/mol. The van der Waals surface area contributed by atoms with E-state index in [1.807, 2.05) is 4.57 Å². The number of rotatable bonds is 5. The van der Waals surface area contributed by atoms with E-state index in [1.54, 1.807) is 12.3 Å². The van der Waals surface area contributed by atoms with Crippen molar-refractivity contribution in [2.75, 3.05) is 19.5 Å². The smallest absolute Gasteiger partial charge is 0.343 e. The van der Waals surface area contributed by atoms with Gasteiger partial charge in [-0.05, 0) is 31.2 Å². The summed E-state index contributed by atoms with van der Waals surface area (Å²) >= 11 is 1.27. The van der Waals surface area contributed by atoms with Crippen molar-refractivity contribution in [2.24, 2.45) is 0 Å². The number of halogens is 1. The van der Waals surface area contributed by atoms with Gasteiger partial charge in [0.15, 0.2) is 0 Å². The van der Waals surface area contributed by atoms with Gasteiger partial charge in [0, 0.05) is 22.5 Å². The maximum Gasteiger partial charge on any atom is 0.343 e. The van der Waals surface area contributed by atoms with Crippen LogP contribution in [0.3, 0.4) is 0 Å². The van der Waals surface area contributed by atoms with Gasteiger partial charge in [0.05, 0.1) is 12.1 Å². The number of hydrogen-bond donors (Lipinski definition) is 1. The van der Waals surface area contributed by atoms with Gasteiger partial charge in [-0.2, -0.15) is 0 Å². The molecule has 3 rings (SSSR count). The van der Waals surface area contributed by atoms with E-state index in [4.69, 9.17) is 9.84 Å². The largest absolute Gasteiger partial charge is 0.460 e. The predicted molar refractivity (Wildman–Crippen MR) is 85.6 cm³/mol. The van der Waals surface area contributed by atoms with Crippen molar-refractivity contribution in [1.29, 1.82) is 0 Å². The topological polar surface area (TPSA) is 68.5 Å². The summed E-state index contributed by atoms with van der Waals surface area (Å²) in [6, 6.07) is 3.05. The number of benzene rings is 1. The Bertz CT molecular complexity index is 829. The molecule has 7 heteroatoms. The predicted octanol–water partition coefficient (Wildman–Crippen LogP) is 2.35. The highest BCUT2D eigenvalue weighted by Gasteiger charge is 2.27. The molecule has 0 aliphatic heterocycles. The lowest BCUT2D eigenvalue weighted by atomic mass is 10.1. The lowest BCUT2D eigenvalue weighted by Gasteiger charge is -2.13. The third kappa shape index (κ3) is 2.98. The van der Waals surface area contributed by atoms with Crippen LogP contribution in [-0.2, 0) is 4.74 Å². The van der Waals surface area contributed by atoms with Gasteiger partial charge in [-0.3, -0.25) is 4.79 Å². The number of carbonyl (C=O) groups is 1. The van der Waals surface area contributed by atoms with Crippen LogP contribution >= 0.6 is 11.8 Å². The number of pyridine rings is 1. The zero-order valence-electron chi connectivity index (χ0n) is 12.5. The first-order chi connectivity index (χ1) is 11.1. The third-order valence-corrected chi connectivity index (χ3v) is 4.54. The molecule has 0 bridgehead atoms. The Balaban J connectivity index is 2.22. The second-order valence-electron chi connectivity index (χ2n) is 5.37. The maximum absolute atomic E-state index is 14.1. The maximum atomic E-state index is 14.1. The lowest BCUT2D eigenvalue weighted by molar-refractivity contribution is 0.0431. The molecule has 1 heterocycles. The molecule has 23 heavy (non-hydrogen) atoms. The Morgan fingerprint density at radius 2 is 2.22 bits per heavy atom. The number of ether oxygens (including phenoxy) is 1. The molecule has 1 N–H and O–H groups in total. The molecule has 0 saturated heterocycles. The lowest BCUT2D eigenvalue weighted by Crippen LogP contribution is -2.21. The number of esters is 1. The van der Waals surface area contributed by atoms with Crippen LogP contribution in [0, 0.1) is 5.82 Å². The van der Waals surface area contributed by atoms with Gasteiger partial charge >= 0.3 is 5.97 Å². The van der Waals surface area contributed by atoms with E-state index in [-0.39, 0.29) is 30.2 Å². The van der Waals surface area contributed by atoms with Crippen molar-refractivity contribution in [1.82, 2.24) is 4.57 Å². The molecular formula is C16H16FNO4S. The molecule has 0 atom stereocenters. The number of aliphatic hydroxyl groups excluding tert-OH is 1. The van der Waals surface area contributed by atoms with E-state index in [0.29, 0.717) is 10.4 Å². The van der Waals surface area contributed by atoms with Gasteiger partial charge in [0.2, 0.25) is 5.43 Å². The van der Waals surface area contributed by atoms with Crippen LogP contribution in [0.2, 0.25) is 0 Å². The van der Waals surface area contributed by atoms with Gasteiger partial charge in [0.25, 0.3) is 0 Å². The van der Waals surface area contributed by atoms with Crippen LogP contribution in [-0.4, -0.2) is 35.1 Å². The van der Waals surface area contributed by atoms with Crippen LogP contribution in [0.15, 0.2) is 28.0 Å². The van der Waals surface area contributed by atoms with Crippen molar-refractivity contribution < 1.29 is 19.0 Å². The van der Waals surface area contributed by atoms with Crippen molar-refractivity contribution in [3.05, 3.63) is 39.9 Å². The number of aliphatic hydroxyl groups is 1. The molecule has 1 saturated carbocycles. The summed E-state index contributed by atoms with van der Waals surface area (Å²) in [4.78, 5) is 25.0. The van der Waals surface area contributed by atoms with Gasteiger partial charge < -0.3 is 14.4 Å². The molecule has 0 unspecified atom stereocenters. The highest BCUT2D eigenvalue weighted by Crippen LogP contribution is 2.38. The Labute approximate surface area is 136 Å². The number of nitrogens with zero attached hydrogens (tertiary/aromatic N) is 1. The fourth-order valence-electron chi connectivity index (χ4n) is 2.52. The van der Waals surface area contributed by atoms with Crippen LogP contribution in [0.1, 0.15) is 29.2 Å². The van der Waals surface area contributed by atoms with Gasteiger partial charge in [-0.25, -0.2) is 9.18 Å². The molecule has 0 spiro atoms. The highest BCUT2D eigenvalue weighted by molar-refractivity contribution is 7.98. The number of fused-ring (bicyclic) bond motifs is 1. The number of hydrogen-bond acceptors (Lipinski definition) is 5. The van der Waals surface area contributed by atoms with E-state index >= 15 is 0 Å². The summed E-state index contributed by atoms with van der Waals surface area (Å²) in [6.07, 6.45) is 5.17. The summed E-state index contributed by atoms with van der Waals surface area (Å²) in [7, 11) is 0.